The SMILES string of the molecule is COc1cc(C)c(CN2CCC(C)CC2CN)cc1OC. The molecule has 1 aliphatic rings. The van der Waals surface area contributed by atoms with Crippen LogP contribution >= 0.6 is 0 Å². The molecule has 21 heavy (non-hydrogen) atoms. The maximum absolute atomic E-state index is 5.96. The molecular weight excluding hydrogens is 264 g/mol. The number of hydrogen-bond donors (Lipinski definition) is 1. The van der Waals surface area contributed by atoms with Crippen molar-refractivity contribution >= 4 is 0 Å². The van der Waals surface area contributed by atoms with Gasteiger partial charge in [0.05, 0.1) is 14.2 Å². The van der Waals surface area contributed by atoms with Gasteiger partial charge in [0.2, 0.25) is 0 Å². The fraction of sp³-hybridized carbons (Fsp3) is 0.647. The smallest absolute Gasteiger partial charge is 0.161 e. The van der Waals surface area contributed by atoms with E-state index < -0.39 is 0 Å². The third-order valence-corrected chi connectivity index (χ3v) is 4.59. The number of nitrogens with zero attached hydrogens (tertiary/aromatic N) is 1. The fourth-order valence-electron chi connectivity index (χ4n) is 3.17. The third-order valence-electron chi connectivity index (χ3n) is 4.59. The molecule has 0 bridgehead atoms. The second-order valence-electron chi connectivity index (χ2n) is 6.12. The Hall–Kier alpha value is -1.26. The zero-order chi connectivity index (χ0) is 15.4. The van der Waals surface area contributed by atoms with Crippen LogP contribution in [0, 0.1) is 12.8 Å². The van der Waals surface area contributed by atoms with Crippen LogP contribution in [0.2, 0.25) is 0 Å². The predicted octanol–water partition coefficient (Wildman–Crippen LogP) is 2.57. The van der Waals surface area contributed by atoms with Crippen molar-refractivity contribution in [3.05, 3.63) is 23.3 Å². The topological polar surface area (TPSA) is 47.7 Å². The minimum absolute atomic E-state index is 0.487. The number of nitrogens with two attached hydrogens (primary N) is 1. The van der Waals surface area contributed by atoms with E-state index in [0.717, 1.165) is 37.1 Å². The Morgan fingerprint density at radius 2 is 1.90 bits per heavy atom. The van der Waals surface area contributed by atoms with Crippen LogP contribution < -0.4 is 15.2 Å². The minimum Gasteiger partial charge on any atom is -0.493 e. The average molecular weight is 292 g/mol. The second kappa shape index (κ2) is 7.14. The number of methoxy groups -OCH3 is 2. The lowest BCUT2D eigenvalue weighted by Crippen LogP contribution is -2.45. The Morgan fingerprint density at radius 3 is 2.52 bits per heavy atom. The van der Waals surface area contributed by atoms with Gasteiger partial charge < -0.3 is 15.2 Å². The van der Waals surface area contributed by atoms with Gasteiger partial charge in [-0.05, 0) is 55.5 Å². The van der Waals surface area contributed by atoms with E-state index in [4.69, 9.17) is 15.2 Å². The van der Waals surface area contributed by atoms with Crippen molar-refractivity contribution in [3.8, 4) is 11.5 Å². The van der Waals surface area contributed by atoms with Crippen molar-refractivity contribution in [2.75, 3.05) is 27.3 Å². The lowest BCUT2D eigenvalue weighted by Gasteiger charge is -2.38. The third kappa shape index (κ3) is 3.69. The van der Waals surface area contributed by atoms with Crippen LogP contribution in [-0.4, -0.2) is 38.3 Å². The van der Waals surface area contributed by atoms with Crippen LogP contribution in [0.5, 0.6) is 11.5 Å². The number of piperidine rings is 1. The summed E-state index contributed by atoms with van der Waals surface area (Å²) in [5, 5.41) is 0. The average Bonchev–Trinajstić information content (AvgIpc) is 2.50. The van der Waals surface area contributed by atoms with Crippen LogP contribution in [0.15, 0.2) is 12.1 Å². The number of rotatable bonds is 5. The summed E-state index contributed by atoms with van der Waals surface area (Å²) in [6, 6.07) is 4.64. The van der Waals surface area contributed by atoms with E-state index in [0.29, 0.717) is 6.04 Å². The number of ether oxygens (including phenoxy) is 2. The summed E-state index contributed by atoms with van der Waals surface area (Å²) in [5.41, 5.74) is 8.49. The fourth-order valence-corrected chi connectivity index (χ4v) is 3.17. The molecular formula is C17H28N2O2. The van der Waals surface area contributed by atoms with E-state index in [1.165, 1.54) is 24.0 Å². The molecule has 1 heterocycles. The van der Waals surface area contributed by atoms with Crippen LogP contribution in [0.4, 0.5) is 0 Å². The summed E-state index contributed by atoms with van der Waals surface area (Å²) in [6.07, 6.45) is 2.45. The summed E-state index contributed by atoms with van der Waals surface area (Å²) in [6.45, 7) is 7.23. The number of aryl methyl sites for hydroxylation is 1. The highest BCUT2D eigenvalue weighted by molar-refractivity contribution is 5.47. The van der Waals surface area contributed by atoms with Gasteiger partial charge in [0.1, 0.15) is 0 Å². The first-order valence-electron chi connectivity index (χ1n) is 7.74. The quantitative estimate of drug-likeness (QED) is 0.906. The van der Waals surface area contributed by atoms with E-state index in [1.54, 1.807) is 14.2 Å². The molecule has 0 saturated carbocycles. The molecule has 0 aliphatic carbocycles. The Labute approximate surface area is 128 Å². The summed E-state index contributed by atoms with van der Waals surface area (Å²) in [4.78, 5) is 2.51. The van der Waals surface area contributed by atoms with E-state index in [-0.39, 0.29) is 0 Å². The predicted molar refractivity (Wildman–Crippen MR) is 85.9 cm³/mol. The molecule has 4 nitrogen and oxygen atoms in total. The van der Waals surface area contributed by atoms with Gasteiger partial charge >= 0.3 is 0 Å². The number of hydrogen-bond acceptors (Lipinski definition) is 4. The maximum Gasteiger partial charge on any atom is 0.161 e. The highest BCUT2D eigenvalue weighted by Crippen LogP contribution is 2.32. The van der Waals surface area contributed by atoms with E-state index in [1.807, 2.05) is 0 Å². The zero-order valence-electron chi connectivity index (χ0n) is 13.7. The van der Waals surface area contributed by atoms with E-state index >= 15 is 0 Å². The van der Waals surface area contributed by atoms with Crippen LogP contribution in [0.3, 0.4) is 0 Å². The van der Waals surface area contributed by atoms with Crippen LogP contribution in [0.1, 0.15) is 30.9 Å². The molecule has 0 amide bonds. The standard InChI is InChI=1S/C17H28N2O2/c1-12-5-6-19(15(7-12)10-18)11-14-9-17(21-4)16(20-3)8-13(14)2/h8-9,12,15H,5-7,10-11,18H2,1-4H3. The summed E-state index contributed by atoms with van der Waals surface area (Å²) in [5.74, 6) is 2.37. The summed E-state index contributed by atoms with van der Waals surface area (Å²) in [7, 11) is 3.36. The van der Waals surface area contributed by atoms with Gasteiger partial charge in [-0.2, -0.15) is 0 Å². The van der Waals surface area contributed by atoms with Crippen molar-refractivity contribution in [2.24, 2.45) is 11.7 Å². The molecule has 118 valence electrons. The lowest BCUT2D eigenvalue weighted by atomic mass is 9.91. The molecule has 1 aromatic carbocycles. The summed E-state index contributed by atoms with van der Waals surface area (Å²) >= 11 is 0. The lowest BCUT2D eigenvalue weighted by molar-refractivity contribution is 0.115. The van der Waals surface area contributed by atoms with Gasteiger partial charge in [0, 0.05) is 19.1 Å². The Kier molecular flexibility index (Phi) is 5.48. The van der Waals surface area contributed by atoms with Crippen molar-refractivity contribution < 1.29 is 9.47 Å². The van der Waals surface area contributed by atoms with Crippen molar-refractivity contribution in [1.29, 1.82) is 0 Å². The van der Waals surface area contributed by atoms with Crippen LogP contribution in [-0.2, 0) is 6.54 Å². The highest BCUT2D eigenvalue weighted by Gasteiger charge is 2.25. The van der Waals surface area contributed by atoms with Gasteiger partial charge in [0.25, 0.3) is 0 Å². The second-order valence-corrected chi connectivity index (χ2v) is 6.12. The molecule has 4 heteroatoms. The molecule has 1 aromatic rings. The maximum atomic E-state index is 5.96. The highest BCUT2D eigenvalue weighted by atomic mass is 16.5. The molecule has 1 fully saturated rings. The van der Waals surface area contributed by atoms with Gasteiger partial charge in [-0.15, -0.1) is 0 Å². The molecule has 2 rings (SSSR count). The zero-order valence-corrected chi connectivity index (χ0v) is 13.7. The molecule has 1 aliphatic heterocycles. The first-order valence-corrected chi connectivity index (χ1v) is 7.74. The van der Waals surface area contributed by atoms with E-state index in [2.05, 4.69) is 30.9 Å². The molecule has 2 atom stereocenters. The van der Waals surface area contributed by atoms with Gasteiger partial charge in [0.15, 0.2) is 11.5 Å². The van der Waals surface area contributed by atoms with Gasteiger partial charge in [-0.25, -0.2) is 0 Å². The largest absolute Gasteiger partial charge is 0.493 e. The molecule has 2 unspecified atom stereocenters. The molecule has 0 aromatic heterocycles. The Morgan fingerprint density at radius 1 is 1.24 bits per heavy atom. The molecule has 2 N–H and O–H groups in total. The number of likely N-dealkylation sites (tertiary alicyclic amines) is 1. The van der Waals surface area contributed by atoms with Gasteiger partial charge in [-0.1, -0.05) is 6.92 Å². The van der Waals surface area contributed by atoms with Crippen LogP contribution in [0.25, 0.3) is 0 Å². The molecule has 0 radical (unpaired) electrons. The Bertz CT molecular complexity index is 476. The normalized spacial score (nSPS) is 23.1. The first kappa shape index (κ1) is 16.1. The molecule has 0 spiro atoms. The first-order chi connectivity index (χ1) is 10.1. The Balaban J connectivity index is 2.18. The summed E-state index contributed by atoms with van der Waals surface area (Å²) < 4.78 is 10.8. The van der Waals surface area contributed by atoms with E-state index in [9.17, 15) is 0 Å². The number of benzene rings is 1. The molecule has 1 saturated heterocycles. The monoisotopic (exact) mass is 292 g/mol. The van der Waals surface area contributed by atoms with Gasteiger partial charge in [-0.3, -0.25) is 4.90 Å². The van der Waals surface area contributed by atoms with Crippen molar-refractivity contribution in [3.63, 3.8) is 0 Å². The van der Waals surface area contributed by atoms with Crippen molar-refractivity contribution in [1.82, 2.24) is 4.90 Å². The van der Waals surface area contributed by atoms with Crippen molar-refractivity contribution in [2.45, 2.75) is 39.3 Å². The minimum atomic E-state index is 0.487.